The molecule has 1 rings (SSSR count). The third kappa shape index (κ3) is 0.941. The van der Waals surface area contributed by atoms with Crippen LogP contribution in [0.1, 0.15) is 0 Å². The maximum atomic E-state index is 9.79. The van der Waals surface area contributed by atoms with E-state index in [-0.39, 0.29) is 0 Å². The van der Waals surface area contributed by atoms with Crippen LogP contribution in [0.2, 0.25) is 0 Å². The van der Waals surface area contributed by atoms with Crippen LogP contribution in [0.3, 0.4) is 0 Å². The Kier molecular flexibility index (Phi) is 1.43. The van der Waals surface area contributed by atoms with Crippen molar-refractivity contribution in [2.24, 2.45) is 5.10 Å². The molecule has 0 aromatic rings. The van der Waals surface area contributed by atoms with E-state index in [1.807, 2.05) is 0 Å². The molecule has 0 fully saturated rings. The molecular formula is C3H6N4O. The lowest BCUT2D eigenvalue weighted by molar-refractivity contribution is -0.108. The van der Waals surface area contributed by atoms with Gasteiger partial charge in [-0.1, -0.05) is 0 Å². The fraction of sp³-hybridized carbons (Fsp3) is 0.333. The first kappa shape index (κ1) is 5.04. The van der Waals surface area contributed by atoms with Gasteiger partial charge in [0.05, 0.1) is 6.54 Å². The summed E-state index contributed by atoms with van der Waals surface area (Å²) in [6.45, 7) is 0.316. The van der Waals surface area contributed by atoms with Crippen LogP contribution in [0.25, 0.3) is 0 Å². The Morgan fingerprint density at radius 3 is 3.25 bits per heavy atom. The Hall–Kier alpha value is -1.10. The highest BCUT2D eigenvalue weighted by Gasteiger charge is 1.99. The molecule has 0 spiro atoms. The maximum absolute atomic E-state index is 9.79. The standard InChI is InChI=1S/C3H6N4O/c8-2-1-7-3-4-5-6-7/h2-3,5-6H,1H2. The van der Waals surface area contributed by atoms with Crippen molar-refractivity contribution in [1.29, 1.82) is 0 Å². The molecule has 0 aromatic heterocycles. The summed E-state index contributed by atoms with van der Waals surface area (Å²) in [5, 5.41) is 5.09. The van der Waals surface area contributed by atoms with Crippen LogP contribution in [0.15, 0.2) is 5.10 Å². The van der Waals surface area contributed by atoms with E-state index in [9.17, 15) is 4.79 Å². The van der Waals surface area contributed by atoms with Crippen molar-refractivity contribution in [3.63, 3.8) is 0 Å². The van der Waals surface area contributed by atoms with E-state index in [2.05, 4.69) is 16.2 Å². The minimum atomic E-state index is 0.316. The number of nitrogens with zero attached hydrogens (tertiary/aromatic N) is 2. The second kappa shape index (κ2) is 2.27. The molecule has 1 aliphatic rings. The van der Waals surface area contributed by atoms with Crippen molar-refractivity contribution in [2.45, 2.75) is 0 Å². The fourth-order valence-electron chi connectivity index (χ4n) is 0.394. The Bertz CT molecular complexity index is 112. The molecule has 1 heterocycles. The summed E-state index contributed by atoms with van der Waals surface area (Å²) in [6.07, 6.45) is 2.28. The second-order valence-electron chi connectivity index (χ2n) is 1.29. The first-order valence-electron chi connectivity index (χ1n) is 2.17. The van der Waals surface area contributed by atoms with Crippen LogP contribution < -0.4 is 11.1 Å². The van der Waals surface area contributed by atoms with Gasteiger partial charge in [-0.2, -0.15) is 5.10 Å². The van der Waals surface area contributed by atoms with Gasteiger partial charge in [0.2, 0.25) is 0 Å². The van der Waals surface area contributed by atoms with Gasteiger partial charge in [-0.15, -0.1) is 5.53 Å². The molecule has 0 saturated heterocycles. The smallest absolute Gasteiger partial charge is 0.141 e. The SMILES string of the molecule is O=CCN1C=NNN1. The fourth-order valence-corrected chi connectivity index (χ4v) is 0.394. The molecule has 0 aromatic carbocycles. The molecule has 2 N–H and O–H groups in total. The second-order valence-corrected chi connectivity index (χ2v) is 1.29. The van der Waals surface area contributed by atoms with Gasteiger partial charge in [0.15, 0.2) is 0 Å². The monoisotopic (exact) mass is 114 g/mol. The summed E-state index contributed by atoms with van der Waals surface area (Å²) in [4.78, 5) is 9.79. The van der Waals surface area contributed by atoms with Crippen LogP contribution in [0, 0.1) is 0 Å². The summed E-state index contributed by atoms with van der Waals surface area (Å²) in [5.41, 5.74) is 5.03. The molecule has 1 aliphatic heterocycles. The van der Waals surface area contributed by atoms with Crippen molar-refractivity contribution in [3.8, 4) is 0 Å². The molecule has 8 heavy (non-hydrogen) atoms. The highest BCUT2D eigenvalue weighted by atomic mass is 16.1. The number of hydrazone groups is 1. The third-order valence-corrected chi connectivity index (χ3v) is 0.727. The number of carbonyl (C=O) groups is 1. The third-order valence-electron chi connectivity index (χ3n) is 0.727. The topological polar surface area (TPSA) is 56.7 Å². The lowest BCUT2D eigenvalue weighted by Crippen LogP contribution is -2.38. The van der Waals surface area contributed by atoms with Gasteiger partial charge in [-0.25, -0.2) is 5.53 Å². The van der Waals surface area contributed by atoms with E-state index in [0.717, 1.165) is 6.29 Å². The van der Waals surface area contributed by atoms with Gasteiger partial charge in [0.1, 0.15) is 12.6 Å². The minimum Gasteiger partial charge on any atom is -0.301 e. The Labute approximate surface area is 46.3 Å². The van der Waals surface area contributed by atoms with Crippen molar-refractivity contribution in [2.75, 3.05) is 6.54 Å². The number of nitrogens with one attached hydrogen (secondary N) is 2. The lowest BCUT2D eigenvalue weighted by atomic mass is 10.7. The molecule has 44 valence electrons. The minimum absolute atomic E-state index is 0.316. The van der Waals surface area contributed by atoms with E-state index < -0.39 is 0 Å². The quantitative estimate of drug-likeness (QED) is 0.427. The highest BCUT2D eigenvalue weighted by Crippen LogP contribution is 1.75. The molecule has 0 aliphatic carbocycles. The predicted molar refractivity (Wildman–Crippen MR) is 27.5 cm³/mol. The Balaban J connectivity index is 2.25. The summed E-state index contributed by atoms with van der Waals surface area (Å²) < 4.78 is 0. The number of hydrogen-bond donors (Lipinski definition) is 2. The van der Waals surface area contributed by atoms with Crippen LogP contribution in [-0.4, -0.2) is 24.2 Å². The zero-order valence-corrected chi connectivity index (χ0v) is 4.16. The number of rotatable bonds is 2. The number of carbonyl (C=O) groups excluding carboxylic acids is 1. The molecule has 0 radical (unpaired) electrons. The molecular weight excluding hydrogens is 108 g/mol. The molecule has 5 heteroatoms. The molecule has 0 saturated carbocycles. The van der Waals surface area contributed by atoms with Gasteiger partial charge < -0.3 is 4.79 Å². The predicted octanol–water partition coefficient (Wildman–Crippen LogP) is -1.55. The summed E-state index contributed by atoms with van der Waals surface area (Å²) in [6, 6.07) is 0. The van der Waals surface area contributed by atoms with Gasteiger partial charge in [-0.05, 0) is 0 Å². The van der Waals surface area contributed by atoms with Gasteiger partial charge in [-0.3, -0.25) is 5.01 Å². The number of hydrogen-bond acceptors (Lipinski definition) is 5. The first-order valence-corrected chi connectivity index (χ1v) is 2.17. The largest absolute Gasteiger partial charge is 0.301 e. The van der Waals surface area contributed by atoms with Crippen LogP contribution in [0.4, 0.5) is 0 Å². The first-order chi connectivity index (χ1) is 3.93. The van der Waals surface area contributed by atoms with Crippen LogP contribution in [0.5, 0.6) is 0 Å². The molecule has 0 bridgehead atoms. The van der Waals surface area contributed by atoms with E-state index in [0.29, 0.717) is 6.54 Å². The lowest BCUT2D eigenvalue weighted by Gasteiger charge is -2.06. The molecule has 5 nitrogen and oxygen atoms in total. The summed E-state index contributed by atoms with van der Waals surface area (Å²) >= 11 is 0. The molecule has 0 atom stereocenters. The van der Waals surface area contributed by atoms with Crippen molar-refractivity contribution in [1.82, 2.24) is 16.1 Å². The molecule has 0 amide bonds. The van der Waals surface area contributed by atoms with Crippen molar-refractivity contribution >= 4 is 12.6 Å². The average molecular weight is 114 g/mol. The van der Waals surface area contributed by atoms with Gasteiger partial charge in [0.25, 0.3) is 0 Å². The van der Waals surface area contributed by atoms with Gasteiger partial charge >= 0.3 is 0 Å². The van der Waals surface area contributed by atoms with E-state index in [1.54, 1.807) is 0 Å². The normalized spacial score (nSPS) is 16.2. The summed E-state index contributed by atoms with van der Waals surface area (Å²) in [7, 11) is 0. The Morgan fingerprint density at radius 2 is 2.75 bits per heavy atom. The maximum Gasteiger partial charge on any atom is 0.141 e. The number of hydrazine groups is 2. The van der Waals surface area contributed by atoms with Crippen LogP contribution in [-0.2, 0) is 4.79 Å². The van der Waals surface area contributed by atoms with Crippen LogP contribution >= 0.6 is 0 Å². The summed E-state index contributed by atoms with van der Waals surface area (Å²) in [5.74, 6) is 0. The van der Waals surface area contributed by atoms with Gasteiger partial charge in [0, 0.05) is 0 Å². The van der Waals surface area contributed by atoms with Crippen molar-refractivity contribution < 1.29 is 4.79 Å². The Morgan fingerprint density at radius 1 is 1.88 bits per heavy atom. The van der Waals surface area contributed by atoms with E-state index >= 15 is 0 Å². The molecule has 0 unspecified atom stereocenters. The zero-order chi connectivity index (χ0) is 5.82. The number of aldehydes is 1. The van der Waals surface area contributed by atoms with E-state index in [1.165, 1.54) is 11.3 Å². The van der Waals surface area contributed by atoms with E-state index in [4.69, 9.17) is 0 Å². The highest BCUT2D eigenvalue weighted by molar-refractivity contribution is 5.62. The zero-order valence-electron chi connectivity index (χ0n) is 4.16. The average Bonchev–Trinajstić information content (AvgIpc) is 2.19. The van der Waals surface area contributed by atoms with Crippen molar-refractivity contribution in [3.05, 3.63) is 0 Å².